The maximum Gasteiger partial charge on any atom is 4.00 e. The van der Waals surface area contributed by atoms with Crippen molar-refractivity contribution in [2.24, 2.45) is 0 Å². The monoisotopic (exact) mass is 476 g/mol. The predicted molar refractivity (Wildman–Crippen MR) is 118 cm³/mol. The number of allylic oxidation sites excluding steroid dienone is 2. The summed E-state index contributed by atoms with van der Waals surface area (Å²) < 4.78 is 0. The zero-order valence-corrected chi connectivity index (χ0v) is 21.9. The van der Waals surface area contributed by atoms with Crippen LogP contribution >= 0.6 is 0 Å². The fourth-order valence-electron chi connectivity index (χ4n) is 2.60. The van der Waals surface area contributed by atoms with Gasteiger partial charge in [0.2, 0.25) is 0 Å². The van der Waals surface area contributed by atoms with E-state index in [4.69, 9.17) is 5.73 Å². The van der Waals surface area contributed by atoms with Crippen LogP contribution in [0.15, 0.2) is 54.6 Å². The third-order valence-corrected chi connectivity index (χ3v) is 3.52. The summed E-state index contributed by atoms with van der Waals surface area (Å²) in [5, 5.41) is 2.59. The van der Waals surface area contributed by atoms with Crippen LogP contribution in [0.2, 0.25) is 13.1 Å². The Hall–Kier alpha value is -0.869. The van der Waals surface area contributed by atoms with Gasteiger partial charge in [0.25, 0.3) is 0 Å². The van der Waals surface area contributed by atoms with Crippen LogP contribution in [0.25, 0.3) is 23.5 Å². The smallest absolute Gasteiger partial charge is 1.00 e. The van der Waals surface area contributed by atoms with Crippen molar-refractivity contribution in [1.29, 1.82) is 0 Å². The molecule has 2 aliphatic carbocycles. The molecule has 0 heterocycles. The molecule has 0 aromatic heterocycles. The summed E-state index contributed by atoms with van der Waals surface area (Å²) in [5.74, 6) is 0. The third-order valence-electron chi connectivity index (χ3n) is 3.52. The summed E-state index contributed by atoms with van der Waals surface area (Å²) in [6.07, 6.45) is 11.9. The molecular weight excluding hydrogens is 449 g/mol. The Balaban J connectivity index is 0. The molecule has 151 valence electrons. The molecule has 5 heteroatoms. The zero-order chi connectivity index (χ0) is 19.2. The summed E-state index contributed by atoms with van der Waals surface area (Å²) in [7, 11) is 0.750. The van der Waals surface area contributed by atoms with E-state index in [1.165, 1.54) is 32.7 Å². The molecule has 1 N–H and O–H groups in total. The van der Waals surface area contributed by atoms with E-state index in [-0.39, 0.29) is 52.1 Å². The molecule has 1 nitrogen and oxygen atoms in total. The van der Waals surface area contributed by atoms with Gasteiger partial charge in [0.05, 0.1) is 0 Å². The molecular formula is C24H28Cl2NSiTi. The molecule has 0 aliphatic heterocycles. The van der Waals surface area contributed by atoms with Crippen LogP contribution in [0.3, 0.4) is 0 Å². The van der Waals surface area contributed by atoms with Crippen molar-refractivity contribution in [3.8, 4) is 0 Å². The first-order chi connectivity index (χ1) is 12.3. The Kier molecular flexibility index (Phi) is 14.8. The average molecular weight is 477 g/mol. The number of benzene rings is 2. The molecule has 1 radical (unpaired) electrons. The van der Waals surface area contributed by atoms with Crippen LogP contribution in [-0.2, 0) is 21.7 Å². The van der Waals surface area contributed by atoms with E-state index in [1.807, 2.05) is 26.8 Å². The van der Waals surface area contributed by atoms with Crippen LogP contribution < -0.4 is 35.3 Å². The fourth-order valence-corrected chi connectivity index (χ4v) is 2.60. The van der Waals surface area contributed by atoms with Gasteiger partial charge >= 0.3 is 21.7 Å². The first kappa shape index (κ1) is 30.3. The Labute approximate surface area is 205 Å². The molecule has 29 heavy (non-hydrogen) atoms. The Bertz CT molecular complexity index is 924. The quantitative estimate of drug-likeness (QED) is 0.364. The van der Waals surface area contributed by atoms with Crippen molar-refractivity contribution in [2.45, 2.75) is 39.4 Å². The summed E-state index contributed by atoms with van der Waals surface area (Å²) >= 11 is 0. The SMILES string of the molecule is CC(C)(C)[NH-].C[SiH]C.[C-]1=CC(c2ccccc2)=c2cc3c(cc21)=CC=C3.[Cl-].[Cl-].[Ti+4]. The minimum absolute atomic E-state index is 0. The van der Waals surface area contributed by atoms with E-state index in [2.05, 4.69) is 79.9 Å². The van der Waals surface area contributed by atoms with Gasteiger partial charge in [0, 0.05) is 9.52 Å². The molecule has 0 amide bonds. The molecule has 0 fully saturated rings. The van der Waals surface area contributed by atoms with Gasteiger partial charge in [-0.1, -0.05) is 99.3 Å². The van der Waals surface area contributed by atoms with Gasteiger partial charge in [-0.25, -0.2) is 0 Å². The predicted octanol–water partition coefficient (Wildman–Crippen LogP) is -1.22. The van der Waals surface area contributed by atoms with E-state index < -0.39 is 0 Å². The first-order valence-electron chi connectivity index (χ1n) is 9.04. The number of nitrogens with one attached hydrogen (secondary N) is 1. The van der Waals surface area contributed by atoms with Crippen LogP contribution in [0.1, 0.15) is 37.5 Å². The van der Waals surface area contributed by atoms with Crippen molar-refractivity contribution >= 4 is 27.2 Å². The topological polar surface area (TPSA) is 23.8 Å². The molecule has 0 bridgehead atoms. The Morgan fingerprint density at radius 1 is 0.966 bits per heavy atom. The second-order valence-electron chi connectivity index (χ2n) is 7.45. The van der Waals surface area contributed by atoms with Crippen LogP contribution in [0.4, 0.5) is 0 Å². The molecule has 0 spiro atoms. The summed E-state index contributed by atoms with van der Waals surface area (Å²) in [4.78, 5) is 0. The van der Waals surface area contributed by atoms with Crippen LogP contribution in [0, 0.1) is 6.08 Å². The van der Waals surface area contributed by atoms with Gasteiger partial charge in [-0.2, -0.15) is 5.56 Å². The van der Waals surface area contributed by atoms with E-state index in [0.29, 0.717) is 0 Å². The molecule has 0 unspecified atom stereocenters. The maximum absolute atomic E-state index is 6.94. The van der Waals surface area contributed by atoms with Crippen LogP contribution in [0.5, 0.6) is 0 Å². The van der Waals surface area contributed by atoms with Crippen molar-refractivity contribution in [1.82, 2.24) is 0 Å². The van der Waals surface area contributed by atoms with Gasteiger partial charge in [0.15, 0.2) is 0 Å². The molecule has 4 rings (SSSR count). The third kappa shape index (κ3) is 9.65. The van der Waals surface area contributed by atoms with E-state index >= 15 is 0 Å². The molecule has 2 aromatic carbocycles. The van der Waals surface area contributed by atoms with Gasteiger partial charge in [-0.15, -0.1) is 34.5 Å². The fraction of sp³-hybridized carbons (Fsp3) is 0.250. The number of fused-ring (bicyclic) bond motifs is 2. The summed E-state index contributed by atoms with van der Waals surface area (Å²) in [5.41, 5.74) is 11.7. The summed E-state index contributed by atoms with van der Waals surface area (Å²) in [6.45, 7) is 9.98. The molecule has 0 atom stereocenters. The number of rotatable bonds is 1. The van der Waals surface area contributed by atoms with E-state index in [0.717, 1.165) is 9.52 Å². The normalized spacial score (nSPS) is 11.7. The minimum atomic E-state index is -0.250. The van der Waals surface area contributed by atoms with Crippen molar-refractivity contribution in [3.05, 3.63) is 93.6 Å². The van der Waals surface area contributed by atoms with Crippen LogP contribution in [-0.4, -0.2) is 15.1 Å². The van der Waals surface area contributed by atoms with Gasteiger partial charge in [-0.3, -0.25) is 0 Å². The van der Waals surface area contributed by atoms with Crippen molar-refractivity contribution < 1.29 is 46.5 Å². The largest absolute Gasteiger partial charge is 4.00 e. The van der Waals surface area contributed by atoms with Gasteiger partial charge < -0.3 is 30.5 Å². The number of hydrogen-bond donors (Lipinski definition) is 0. The van der Waals surface area contributed by atoms with Crippen molar-refractivity contribution in [2.75, 3.05) is 0 Å². The second kappa shape index (κ2) is 14.2. The first-order valence-corrected chi connectivity index (χ1v) is 11.4. The zero-order valence-electron chi connectivity index (χ0n) is 17.7. The molecule has 2 aromatic rings. The van der Waals surface area contributed by atoms with Gasteiger partial charge in [-0.05, 0) is 5.56 Å². The number of hydrogen-bond acceptors (Lipinski definition) is 0. The number of halogens is 2. The Morgan fingerprint density at radius 3 is 2.07 bits per heavy atom. The van der Waals surface area contributed by atoms with Crippen molar-refractivity contribution in [3.63, 3.8) is 0 Å². The second-order valence-corrected chi connectivity index (χ2v) is 8.60. The standard InChI is InChI=1S/C18H11.C4H10N.C2H7Si.2ClH.Ti/c1-2-5-13(6-3-1)17-10-9-16-11-14-7-4-8-15(14)12-18(16)17;1-4(2,3)5;1-3-2;;;/h1-8,10-12H;5H,1-3H3;3H,1-2H3;2*1H;/q2*-1;;;;+4/p-2. The maximum atomic E-state index is 6.94. The van der Waals surface area contributed by atoms with E-state index in [1.54, 1.807) is 0 Å². The minimum Gasteiger partial charge on any atom is -1.00 e. The van der Waals surface area contributed by atoms with E-state index in [9.17, 15) is 0 Å². The molecule has 0 saturated heterocycles. The van der Waals surface area contributed by atoms with Gasteiger partial charge in [0.1, 0.15) is 0 Å². The molecule has 0 saturated carbocycles. The average Bonchev–Trinajstić information content (AvgIpc) is 3.18. The Morgan fingerprint density at radius 2 is 1.52 bits per heavy atom. The summed E-state index contributed by atoms with van der Waals surface area (Å²) in [6, 6.07) is 15.0. The molecule has 2 aliphatic rings.